The van der Waals surface area contributed by atoms with Gasteiger partial charge in [0.2, 0.25) is 0 Å². The molecule has 0 radical (unpaired) electrons. The first kappa shape index (κ1) is 16.3. The summed E-state index contributed by atoms with van der Waals surface area (Å²) in [5, 5.41) is 10.2. The number of benzene rings is 1. The van der Waals surface area contributed by atoms with Gasteiger partial charge in [-0.15, -0.1) is 0 Å². The van der Waals surface area contributed by atoms with Gasteiger partial charge < -0.3 is 10.2 Å². The molecule has 3 aromatic rings. The van der Waals surface area contributed by atoms with Gasteiger partial charge in [-0.25, -0.2) is 14.9 Å². The molecule has 8 nitrogen and oxygen atoms in total. The van der Waals surface area contributed by atoms with Crippen molar-refractivity contribution in [1.82, 2.24) is 25.1 Å². The van der Waals surface area contributed by atoms with Crippen molar-refractivity contribution >= 4 is 22.6 Å². The average molecular weight is 352 g/mol. The third kappa shape index (κ3) is 2.94. The van der Waals surface area contributed by atoms with Crippen molar-refractivity contribution in [2.24, 2.45) is 0 Å². The Bertz CT molecular complexity index is 1030. The Hall–Kier alpha value is -3.16. The lowest BCUT2D eigenvalue weighted by Gasteiger charge is -2.15. The maximum Gasteiger partial charge on any atom is 0.343 e. The number of hydrogen-bond acceptors (Lipinski definition) is 5. The Morgan fingerprint density at radius 3 is 2.85 bits per heavy atom. The van der Waals surface area contributed by atoms with Gasteiger partial charge in [0.05, 0.1) is 17.6 Å². The molecule has 1 aromatic carbocycles. The monoisotopic (exact) mass is 352 g/mol. The second-order valence-electron chi connectivity index (χ2n) is 6.67. The molecule has 0 atom stereocenters. The molecule has 26 heavy (non-hydrogen) atoms. The third-order valence-corrected chi connectivity index (χ3v) is 4.50. The van der Waals surface area contributed by atoms with E-state index in [-0.39, 0.29) is 24.2 Å². The number of fused-ring (bicyclic) bond motifs is 1. The van der Waals surface area contributed by atoms with Crippen LogP contribution >= 0.6 is 0 Å². The SMILES string of the molecule is CN(C)c1cc(C(=O)NCc2n[nH]c(=O)n2C2CC2)c2ccccc2n1. The topological polar surface area (TPSA) is 95.9 Å². The molecule has 1 aliphatic rings. The molecule has 0 aliphatic heterocycles. The third-order valence-electron chi connectivity index (χ3n) is 4.50. The van der Waals surface area contributed by atoms with Crippen LogP contribution in [0.2, 0.25) is 0 Å². The summed E-state index contributed by atoms with van der Waals surface area (Å²) in [7, 11) is 3.77. The first-order chi connectivity index (χ1) is 12.5. The molecule has 2 heterocycles. The van der Waals surface area contributed by atoms with Gasteiger partial charge in [0.25, 0.3) is 5.91 Å². The van der Waals surface area contributed by atoms with Crippen molar-refractivity contribution in [1.29, 1.82) is 0 Å². The van der Waals surface area contributed by atoms with E-state index >= 15 is 0 Å². The van der Waals surface area contributed by atoms with E-state index < -0.39 is 0 Å². The summed E-state index contributed by atoms with van der Waals surface area (Å²) < 4.78 is 1.64. The van der Waals surface area contributed by atoms with Crippen molar-refractivity contribution in [3.63, 3.8) is 0 Å². The zero-order valence-corrected chi connectivity index (χ0v) is 14.7. The molecular formula is C18H20N6O2. The van der Waals surface area contributed by atoms with Crippen LogP contribution in [0.25, 0.3) is 10.9 Å². The number of nitrogens with one attached hydrogen (secondary N) is 2. The number of aromatic nitrogens is 4. The number of rotatable bonds is 5. The number of carbonyl (C=O) groups excluding carboxylic acids is 1. The number of amides is 1. The van der Waals surface area contributed by atoms with Gasteiger partial charge >= 0.3 is 5.69 Å². The lowest BCUT2D eigenvalue weighted by Crippen LogP contribution is -2.27. The van der Waals surface area contributed by atoms with E-state index in [1.165, 1.54) is 0 Å². The molecule has 1 fully saturated rings. The van der Waals surface area contributed by atoms with E-state index in [0.29, 0.717) is 17.2 Å². The fourth-order valence-electron chi connectivity index (χ4n) is 3.00. The lowest BCUT2D eigenvalue weighted by molar-refractivity contribution is 0.0951. The van der Waals surface area contributed by atoms with Crippen LogP contribution in [0, 0.1) is 0 Å². The predicted molar refractivity (Wildman–Crippen MR) is 98.4 cm³/mol. The summed E-state index contributed by atoms with van der Waals surface area (Å²) in [6.45, 7) is 0.196. The summed E-state index contributed by atoms with van der Waals surface area (Å²) in [6.07, 6.45) is 1.95. The number of nitrogens with zero attached hydrogens (tertiary/aromatic N) is 4. The maximum absolute atomic E-state index is 12.8. The standard InChI is InChI=1S/C18H20N6O2/c1-23(2)15-9-13(12-5-3-4-6-14(12)20-15)17(25)19-10-16-21-22-18(26)24(16)11-7-8-11/h3-6,9,11H,7-8,10H2,1-2H3,(H,19,25)(H,22,26). The summed E-state index contributed by atoms with van der Waals surface area (Å²) >= 11 is 0. The number of para-hydroxylation sites is 1. The highest BCUT2D eigenvalue weighted by Crippen LogP contribution is 2.34. The van der Waals surface area contributed by atoms with E-state index in [0.717, 1.165) is 23.7 Å². The summed E-state index contributed by atoms with van der Waals surface area (Å²) in [6, 6.07) is 9.53. The van der Waals surface area contributed by atoms with Crippen LogP contribution in [0.5, 0.6) is 0 Å². The number of anilines is 1. The van der Waals surface area contributed by atoms with Gasteiger partial charge in [-0.3, -0.25) is 9.36 Å². The zero-order chi connectivity index (χ0) is 18.3. The van der Waals surface area contributed by atoms with Crippen molar-refractivity contribution in [3.05, 3.63) is 52.2 Å². The van der Waals surface area contributed by atoms with E-state index in [9.17, 15) is 9.59 Å². The number of hydrogen-bond donors (Lipinski definition) is 2. The van der Waals surface area contributed by atoms with E-state index in [4.69, 9.17) is 0 Å². The summed E-state index contributed by atoms with van der Waals surface area (Å²) in [5.41, 5.74) is 1.09. The van der Waals surface area contributed by atoms with Crippen LogP contribution in [0.4, 0.5) is 5.82 Å². The van der Waals surface area contributed by atoms with E-state index in [2.05, 4.69) is 20.5 Å². The molecule has 4 rings (SSSR count). The number of aromatic amines is 1. The quantitative estimate of drug-likeness (QED) is 0.725. The molecule has 8 heteroatoms. The lowest BCUT2D eigenvalue weighted by atomic mass is 10.1. The van der Waals surface area contributed by atoms with Gasteiger partial charge in [-0.05, 0) is 25.0 Å². The van der Waals surface area contributed by atoms with Crippen molar-refractivity contribution in [3.8, 4) is 0 Å². The van der Waals surface area contributed by atoms with Crippen LogP contribution in [-0.4, -0.2) is 39.8 Å². The van der Waals surface area contributed by atoms with Crippen molar-refractivity contribution < 1.29 is 4.79 Å². The predicted octanol–water partition coefficient (Wildman–Crippen LogP) is 1.45. The molecule has 134 valence electrons. The highest BCUT2D eigenvalue weighted by molar-refractivity contribution is 6.06. The Balaban J connectivity index is 1.63. The maximum atomic E-state index is 12.8. The van der Waals surface area contributed by atoms with Gasteiger partial charge in [0.15, 0.2) is 5.82 Å². The first-order valence-electron chi connectivity index (χ1n) is 8.55. The molecular weight excluding hydrogens is 332 g/mol. The van der Waals surface area contributed by atoms with Gasteiger partial charge in [-0.1, -0.05) is 18.2 Å². The van der Waals surface area contributed by atoms with Crippen LogP contribution in [0.1, 0.15) is 35.1 Å². The van der Waals surface area contributed by atoms with Gasteiger partial charge in [0.1, 0.15) is 5.82 Å². The Kier molecular flexibility index (Phi) is 3.95. The molecule has 0 bridgehead atoms. The van der Waals surface area contributed by atoms with Crippen LogP contribution in [0.3, 0.4) is 0 Å². The summed E-state index contributed by atoms with van der Waals surface area (Å²) in [5.74, 6) is 1.05. The second-order valence-corrected chi connectivity index (χ2v) is 6.67. The zero-order valence-electron chi connectivity index (χ0n) is 14.7. The van der Waals surface area contributed by atoms with E-state index in [1.807, 2.05) is 43.3 Å². The molecule has 0 saturated heterocycles. The van der Waals surface area contributed by atoms with Crippen molar-refractivity contribution in [2.75, 3.05) is 19.0 Å². The van der Waals surface area contributed by atoms with Gasteiger partial charge in [0, 0.05) is 25.5 Å². The Morgan fingerprint density at radius 1 is 1.35 bits per heavy atom. The molecule has 1 amide bonds. The largest absolute Gasteiger partial charge is 0.363 e. The fraction of sp³-hybridized carbons (Fsp3) is 0.333. The highest BCUT2D eigenvalue weighted by atomic mass is 16.2. The number of pyridine rings is 1. The normalized spacial score (nSPS) is 13.8. The molecule has 0 unspecified atom stereocenters. The molecule has 1 saturated carbocycles. The van der Waals surface area contributed by atoms with Crippen molar-refractivity contribution in [2.45, 2.75) is 25.4 Å². The fourth-order valence-corrected chi connectivity index (χ4v) is 3.00. The second kappa shape index (κ2) is 6.29. The number of H-pyrrole nitrogens is 1. The molecule has 0 spiro atoms. The highest BCUT2D eigenvalue weighted by Gasteiger charge is 2.28. The van der Waals surface area contributed by atoms with Crippen LogP contribution in [0.15, 0.2) is 35.1 Å². The Labute approximate surface area is 149 Å². The smallest absolute Gasteiger partial charge is 0.343 e. The number of carbonyl (C=O) groups is 1. The first-order valence-corrected chi connectivity index (χ1v) is 8.55. The van der Waals surface area contributed by atoms with Crippen LogP contribution < -0.4 is 15.9 Å². The minimum Gasteiger partial charge on any atom is -0.363 e. The minimum atomic E-state index is -0.221. The molecule has 2 N–H and O–H groups in total. The Morgan fingerprint density at radius 2 is 2.12 bits per heavy atom. The van der Waals surface area contributed by atoms with Crippen LogP contribution in [-0.2, 0) is 6.54 Å². The minimum absolute atomic E-state index is 0.196. The van der Waals surface area contributed by atoms with E-state index in [1.54, 1.807) is 10.6 Å². The molecule has 2 aromatic heterocycles. The van der Waals surface area contributed by atoms with Gasteiger partial charge in [-0.2, -0.15) is 5.10 Å². The average Bonchev–Trinajstić information content (AvgIpc) is 3.41. The molecule has 1 aliphatic carbocycles. The summed E-state index contributed by atoms with van der Waals surface area (Å²) in [4.78, 5) is 31.1.